The number of carbonyl (C=O) groups is 4. The largest absolute Gasteiger partial charge is 0.507 e. The molecule has 12 heteroatoms. The first-order valence-electron chi connectivity index (χ1n) is 13.5. The number of aromatic hydroxyl groups is 1. The molecule has 0 aromatic heterocycles. The molecule has 40 heavy (non-hydrogen) atoms. The summed E-state index contributed by atoms with van der Waals surface area (Å²) < 4.78 is 5.15. The lowest BCUT2D eigenvalue weighted by atomic mass is 9.56. The number of nitrogens with zero attached hydrogens (tertiary/aromatic N) is 1. The van der Waals surface area contributed by atoms with Gasteiger partial charge in [0.2, 0.25) is 11.7 Å². The first kappa shape index (κ1) is 29.3. The summed E-state index contributed by atoms with van der Waals surface area (Å²) in [7, 11) is 3.54. The maximum absolute atomic E-state index is 13.7. The second-order valence-electron chi connectivity index (χ2n) is 11.1. The summed E-state index contributed by atoms with van der Waals surface area (Å²) in [5.74, 6) is -7.70. The van der Waals surface area contributed by atoms with Crippen LogP contribution in [0.4, 0.5) is 10.5 Å². The number of rotatable bonds is 8. The molecule has 3 aliphatic rings. The average Bonchev–Trinajstić information content (AvgIpc) is 2.87. The molecule has 0 radical (unpaired) electrons. The number of hydrogen-bond acceptors (Lipinski definition) is 10. The minimum atomic E-state index is -2.64. The number of amides is 2. The van der Waals surface area contributed by atoms with Crippen LogP contribution in [-0.4, -0.2) is 76.4 Å². The maximum Gasteiger partial charge on any atom is 0.407 e. The monoisotopic (exact) mass is 559 g/mol. The Bertz CT molecular complexity index is 1270. The lowest BCUT2D eigenvalue weighted by Gasteiger charge is -2.48. The number of ether oxygens (including phenoxy) is 1. The van der Waals surface area contributed by atoms with Gasteiger partial charge in [-0.2, -0.15) is 0 Å². The highest BCUT2D eigenvalue weighted by atomic mass is 16.5. The van der Waals surface area contributed by atoms with Gasteiger partial charge in [0, 0.05) is 43.4 Å². The van der Waals surface area contributed by atoms with E-state index in [-0.39, 0.29) is 54.9 Å². The molecule has 1 aromatic carbocycles. The molecular formula is C28H37N3O9. The van der Waals surface area contributed by atoms with E-state index in [1.165, 1.54) is 0 Å². The van der Waals surface area contributed by atoms with Crippen LogP contribution < -0.4 is 16.0 Å². The van der Waals surface area contributed by atoms with Gasteiger partial charge in [0.25, 0.3) is 0 Å². The van der Waals surface area contributed by atoms with Gasteiger partial charge in [0.05, 0.1) is 18.3 Å². The number of anilines is 1. The highest BCUT2D eigenvalue weighted by molar-refractivity contribution is 6.24. The molecule has 2 saturated carbocycles. The van der Waals surface area contributed by atoms with Crippen LogP contribution in [0, 0.1) is 17.8 Å². The zero-order valence-electron chi connectivity index (χ0n) is 22.9. The number of hydrogen-bond donors (Lipinski definition) is 6. The number of phenolic OH excluding ortho intramolecular Hbond substituents is 1. The molecule has 1 aromatic rings. The summed E-state index contributed by atoms with van der Waals surface area (Å²) in [5.41, 5.74) is 3.83. The third kappa shape index (κ3) is 4.79. The Morgan fingerprint density at radius 1 is 1.20 bits per heavy atom. The van der Waals surface area contributed by atoms with Gasteiger partial charge >= 0.3 is 6.09 Å². The Morgan fingerprint density at radius 3 is 2.52 bits per heavy atom. The van der Waals surface area contributed by atoms with Crippen molar-refractivity contribution in [1.82, 2.24) is 5.32 Å². The lowest BCUT2D eigenvalue weighted by Crippen LogP contribution is -2.66. The first-order valence-corrected chi connectivity index (χ1v) is 13.5. The Kier molecular flexibility index (Phi) is 8.13. The summed E-state index contributed by atoms with van der Waals surface area (Å²) in [4.78, 5) is 52.7. The fourth-order valence-corrected chi connectivity index (χ4v) is 6.30. The van der Waals surface area contributed by atoms with E-state index in [2.05, 4.69) is 5.32 Å². The highest BCUT2D eigenvalue weighted by Crippen LogP contribution is 2.53. The Balaban J connectivity index is 1.72. The number of aliphatic hydroxyl groups excluding tert-OH is 2. The fourth-order valence-electron chi connectivity index (χ4n) is 6.30. The third-order valence-electron chi connectivity index (χ3n) is 8.33. The van der Waals surface area contributed by atoms with Crippen molar-refractivity contribution in [2.24, 2.45) is 23.5 Å². The van der Waals surface area contributed by atoms with E-state index >= 15 is 0 Å². The molecule has 0 spiro atoms. The molecule has 3 aliphatic carbocycles. The van der Waals surface area contributed by atoms with Crippen molar-refractivity contribution < 1.29 is 44.3 Å². The number of unbranched alkanes of at least 4 members (excludes halogenated alkanes) is 2. The molecule has 0 bridgehead atoms. The summed E-state index contributed by atoms with van der Waals surface area (Å²) in [5, 5.41) is 47.0. The molecule has 0 heterocycles. The van der Waals surface area contributed by atoms with Crippen LogP contribution in [0.25, 0.3) is 5.76 Å². The number of alkyl carbamates (subject to hydrolysis) is 1. The number of benzene rings is 1. The molecule has 4 rings (SSSR count). The maximum atomic E-state index is 13.7. The van der Waals surface area contributed by atoms with Crippen molar-refractivity contribution in [3.63, 3.8) is 0 Å². The predicted octanol–water partition coefficient (Wildman–Crippen LogP) is 1.07. The van der Waals surface area contributed by atoms with Crippen molar-refractivity contribution in [3.05, 3.63) is 28.3 Å². The van der Waals surface area contributed by atoms with Gasteiger partial charge in [-0.15, -0.1) is 0 Å². The third-order valence-corrected chi connectivity index (χ3v) is 8.33. The van der Waals surface area contributed by atoms with Crippen molar-refractivity contribution in [3.8, 4) is 5.75 Å². The van der Waals surface area contributed by atoms with E-state index in [1.807, 2.05) is 6.92 Å². The van der Waals surface area contributed by atoms with E-state index in [0.29, 0.717) is 11.3 Å². The summed E-state index contributed by atoms with van der Waals surface area (Å²) >= 11 is 0. The number of nitrogens with two attached hydrogens (primary N) is 1. The number of phenols is 1. The van der Waals surface area contributed by atoms with E-state index in [4.69, 9.17) is 10.5 Å². The molecule has 7 N–H and O–H groups in total. The zero-order chi connectivity index (χ0) is 29.5. The average molecular weight is 560 g/mol. The smallest absolute Gasteiger partial charge is 0.407 e. The van der Waals surface area contributed by atoms with Gasteiger partial charge in [-0.3, -0.25) is 14.4 Å². The van der Waals surface area contributed by atoms with Gasteiger partial charge in [-0.1, -0.05) is 19.8 Å². The molecule has 12 nitrogen and oxygen atoms in total. The van der Waals surface area contributed by atoms with Crippen molar-refractivity contribution in [1.29, 1.82) is 0 Å². The molecule has 0 saturated heterocycles. The van der Waals surface area contributed by atoms with Gasteiger partial charge in [-0.05, 0) is 43.2 Å². The van der Waals surface area contributed by atoms with E-state index < -0.39 is 58.8 Å². The van der Waals surface area contributed by atoms with Crippen molar-refractivity contribution in [2.45, 2.75) is 63.7 Å². The topological polar surface area (TPSA) is 200 Å². The molecule has 2 fully saturated rings. The molecule has 218 valence electrons. The van der Waals surface area contributed by atoms with Gasteiger partial charge in [0.15, 0.2) is 11.4 Å². The molecule has 5 atom stereocenters. The minimum Gasteiger partial charge on any atom is -0.507 e. The van der Waals surface area contributed by atoms with Gasteiger partial charge in [-0.25, -0.2) is 4.79 Å². The second kappa shape index (κ2) is 11.1. The van der Waals surface area contributed by atoms with Crippen molar-refractivity contribution >= 4 is 35.0 Å². The van der Waals surface area contributed by atoms with Crippen molar-refractivity contribution in [2.75, 3.05) is 25.6 Å². The highest BCUT2D eigenvalue weighted by Gasteiger charge is 2.64. The zero-order valence-corrected chi connectivity index (χ0v) is 22.9. The summed E-state index contributed by atoms with van der Waals surface area (Å²) in [6.45, 7) is 2.16. The second-order valence-corrected chi connectivity index (χ2v) is 11.1. The Hall–Kier alpha value is -3.64. The van der Waals surface area contributed by atoms with Crippen LogP contribution in [0.2, 0.25) is 0 Å². The fraction of sp³-hybridized carbons (Fsp3) is 0.571. The van der Waals surface area contributed by atoms with Gasteiger partial charge < -0.3 is 41.1 Å². The van der Waals surface area contributed by atoms with Crippen LogP contribution in [0.15, 0.2) is 11.6 Å². The minimum absolute atomic E-state index is 0.0318. The predicted molar refractivity (Wildman–Crippen MR) is 143 cm³/mol. The van der Waals surface area contributed by atoms with Crippen LogP contribution in [-0.2, 0) is 32.1 Å². The van der Waals surface area contributed by atoms with Gasteiger partial charge in [0.1, 0.15) is 17.4 Å². The molecule has 2 unspecified atom stereocenters. The van der Waals surface area contributed by atoms with E-state index in [1.54, 1.807) is 25.1 Å². The number of primary amides is 1. The van der Waals surface area contributed by atoms with Crippen LogP contribution in [0.1, 0.15) is 55.7 Å². The Labute approximate surface area is 231 Å². The SMILES string of the molecule is CCCCCOC(=O)NCc1cc(N(C)C)c2c(c1O)C(O)=C1C(=O)[C@]3(O)C(=O)C(C(N)=O)C(O)C[C@@H]3C[C@@H]1C2. The van der Waals surface area contributed by atoms with Crippen LogP contribution in [0.3, 0.4) is 0 Å². The Morgan fingerprint density at radius 2 is 1.90 bits per heavy atom. The number of carbonyl (C=O) groups excluding carboxylic acids is 4. The van der Waals surface area contributed by atoms with Crippen LogP contribution in [0.5, 0.6) is 5.75 Å². The summed E-state index contributed by atoms with van der Waals surface area (Å²) in [6.07, 6.45) is 0.607. The van der Waals surface area contributed by atoms with E-state index in [0.717, 1.165) is 19.3 Å². The quantitative estimate of drug-likeness (QED) is 0.198. The molecule has 0 aliphatic heterocycles. The molecule has 2 amide bonds. The summed E-state index contributed by atoms with van der Waals surface area (Å²) in [6, 6.07) is 1.68. The standard InChI is InChI=1S/C28H37N3O9/c1-4-5-6-7-40-27(38)30-12-14-10-17(31(2)3)16-9-13-8-15-11-18(32)21(26(29)37)25(36)28(15,39)24(35)19(13)23(34)20(16)22(14)33/h10,13,15,18,21,32-34,39H,4-9,11-12H2,1-3H3,(H2,29,37)(H,30,38)/t13-,15+,18?,21?,28+/m1/s1. The number of aliphatic hydroxyl groups is 3. The van der Waals surface area contributed by atoms with Crippen LogP contribution >= 0.6 is 0 Å². The number of fused-ring (bicyclic) bond motifs is 3. The lowest BCUT2D eigenvalue weighted by molar-refractivity contribution is -0.174. The van der Waals surface area contributed by atoms with E-state index in [9.17, 15) is 39.6 Å². The number of nitrogens with one attached hydrogen (secondary N) is 1. The first-order chi connectivity index (χ1) is 18.8. The number of ketones is 2. The molecular weight excluding hydrogens is 522 g/mol. The number of Topliss-reactive ketones (excluding diaryl/α,β-unsaturated/α-hetero) is 2. The normalized spacial score (nSPS) is 27.4.